The van der Waals surface area contributed by atoms with E-state index in [0.29, 0.717) is 5.95 Å². The van der Waals surface area contributed by atoms with Crippen molar-refractivity contribution < 1.29 is 0 Å². The van der Waals surface area contributed by atoms with Crippen molar-refractivity contribution in [2.45, 2.75) is 19.3 Å². The van der Waals surface area contributed by atoms with E-state index in [4.69, 9.17) is 9.97 Å². The SMILES string of the molecule is C=C/C=C\C(=C/C)c1cc(-c2ccccc2)nc(-n2c3ccc(/C=C\C=C/C)cc3c3c4sc5c(N(c6ccc(-c7ccccc7)cc6)c6ccc7c(c6)C(c6ccccc6)(c6ccccc6)c6ccccc6-7)cccc5c4c4ccccc4c32)n1. The lowest BCUT2D eigenvalue weighted by Crippen LogP contribution is -2.28. The third kappa shape index (κ3) is 8.50. The van der Waals surface area contributed by atoms with Gasteiger partial charge in [-0.2, -0.15) is 0 Å². The van der Waals surface area contributed by atoms with Crippen molar-refractivity contribution in [3.05, 3.63) is 337 Å². The van der Waals surface area contributed by atoms with Crippen molar-refractivity contribution in [2.24, 2.45) is 0 Å². The minimum Gasteiger partial charge on any atom is -0.309 e. The van der Waals surface area contributed by atoms with Gasteiger partial charge in [-0.1, -0.05) is 261 Å². The number of hydrogen-bond acceptors (Lipinski definition) is 4. The summed E-state index contributed by atoms with van der Waals surface area (Å²) < 4.78 is 4.72. The molecule has 0 aliphatic heterocycles. The second kappa shape index (κ2) is 21.8. The molecule has 86 heavy (non-hydrogen) atoms. The van der Waals surface area contributed by atoms with Gasteiger partial charge in [-0.05, 0) is 123 Å². The Morgan fingerprint density at radius 2 is 1.14 bits per heavy atom. The maximum atomic E-state index is 5.53. The number of anilines is 3. The van der Waals surface area contributed by atoms with Crippen molar-refractivity contribution in [3.8, 4) is 39.5 Å². The predicted octanol–water partition coefficient (Wildman–Crippen LogP) is 22.0. The fourth-order valence-electron chi connectivity index (χ4n) is 13.4. The molecule has 0 saturated heterocycles. The Labute approximate surface area is 505 Å². The van der Waals surface area contributed by atoms with Crippen LogP contribution < -0.4 is 4.90 Å². The molecule has 0 saturated carbocycles. The molecule has 5 heteroatoms. The number of thiophene rings is 1. The lowest BCUT2D eigenvalue weighted by Gasteiger charge is -2.35. The van der Waals surface area contributed by atoms with Crippen LogP contribution in [0.1, 0.15) is 47.4 Å². The van der Waals surface area contributed by atoms with Crippen molar-refractivity contribution in [2.75, 3.05) is 4.90 Å². The fourth-order valence-corrected chi connectivity index (χ4v) is 14.8. The lowest BCUT2D eigenvalue weighted by molar-refractivity contribution is 0.768. The van der Waals surface area contributed by atoms with Gasteiger partial charge in [0.15, 0.2) is 0 Å². The predicted molar refractivity (Wildman–Crippen MR) is 366 cm³/mol. The summed E-state index contributed by atoms with van der Waals surface area (Å²) in [6, 6.07) is 93.5. The number of fused-ring (bicyclic) bond motifs is 13. The number of benzene rings is 11. The van der Waals surface area contributed by atoms with E-state index in [1.54, 1.807) is 6.08 Å². The molecule has 0 atom stereocenters. The van der Waals surface area contributed by atoms with Gasteiger partial charge in [0.2, 0.25) is 5.95 Å². The normalized spacial score (nSPS) is 13.1. The van der Waals surface area contributed by atoms with Crippen LogP contribution in [-0.4, -0.2) is 14.5 Å². The van der Waals surface area contributed by atoms with Crippen LogP contribution in [-0.2, 0) is 5.41 Å². The lowest BCUT2D eigenvalue weighted by atomic mass is 9.67. The minimum atomic E-state index is -0.585. The molecule has 0 bridgehead atoms. The highest BCUT2D eigenvalue weighted by Gasteiger charge is 2.46. The molecule has 0 N–H and O–H groups in total. The molecule has 0 fully saturated rings. The molecule has 3 heterocycles. The van der Waals surface area contributed by atoms with Gasteiger partial charge in [0.1, 0.15) is 0 Å². The molecule has 0 amide bonds. The summed E-state index contributed by atoms with van der Waals surface area (Å²) in [4.78, 5) is 13.6. The number of hydrogen-bond donors (Lipinski definition) is 0. The average Bonchev–Trinajstić information content (AvgIpc) is 1.56. The second-order valence-corrected chi connectivity index (χ2v) is 22.9. The van der Waals surface area contributed by atoms with Crippen LogP contribution in [0.2, 0.25) is 0 Å². The highest BCUT2D eigenvalue weighted by atomic mass is 32.1. The zero-order valence-electron chi connectivity index (χ0n) is 47.8. The summed E-state index contributed by atoms with van der Waals surface area (Å²) in [5.74, 6) is 0.599. The number of rotatable bonds is 13. The van der Waals surface area contributed by atoms with E-state index in [9.17, 15) is 0 Å². The largest absolute Gasteiger partial charge is 0.309 e. The molecule has 11 aromatic carbocycles. The van der Waals surface area contributed by atoms with Gasteiger partial charge < -0.3 is 4.90 Å². The molecular formula is C81H58N4S. The number of allylic oxidation sites excluding steroid dienone is 8. The first-order valence-electron chi connectivity index (χ1n) is 29.4. The first-order valence-corrected chi connectivity index (χ1v) is 30.2. The van der Waals surface area contributed by atoms with Crippen molar-refractivity contribution in [3.63, 3.8) is 0 Å². The van der Waals surface area contributed by atoms with E-state index < -0.39 is 5.41 Å². The molecule has 0 spiro atoms. The Kier molecular flexibility index (Phi) is 13.2. The summed E-state index contributed by atoms with van der Waals surface area (Å²) in [6.45, 7) is 8.11. The van der Waals surface area contributed by atoms with Crippen LogP contribution in [0, 0.1) is 0 Å². The van der Waals surface area contributed by atoms with Crippen LogP contribution in [0.3, 0.4) is 0 Å². The van der Waals surface area contributed by atoms with Gasteiger partial charge in [-0.15, -0.1) is 11.3 Å². The number of nitrogens with zero attached hydrogens (tertiary/aromatic N) is 4. The van der Waals surface area contributed by atoms with Gasteiger partial charge >= 0.3 is 0 Å². The Hall–Kier alpha value is -10.7. The van der Waals surface area contributed by atoms with Crippen molar-refractivity contribution >= 4 is 92.8 Å². The third-order valence-electron chi connectivity index (χ3n) is 17.1. The Balaban J connectivity index is 1.04. The molecule has 408 valence electrons. The molecule has 4 nitrogen and oxygen atoms in total. The topological polar surface area (TPSA) is 34.0 Å². The van der Waals surface area contributed by atoms with E-state index in [-0.39, 0.29) is 0 Å². The molecule has 1 aliphatic rings. The van der Waals surface area contributed by atoms with E-state index in [2.05, 4.69) is 315 Å². The quantitative estimate of drug-likeness (QED) is 0.108. The zero-order valence-corrected chi connectivity index (χ0v) is 48.6. The maximum Gasteiger partial charge on any atom is 0.235 e. The minimum absolute atomic E-state index is 0.585. The van der Waals surface area contributed by atoms with Crippen LogP contribution in [0.25, 0.3) is 104 Å². The third-order valence-corrected chi connectivity index (χ3v) is 18.4. The Morgan fingerprint density at radius 1 is 0.500 bits per heavy atom. The second-order valence-electron chi connectivity index (χ2n) is 21.9. The highest BCUT2D eigenvalue weighted by molar-refractivity contribution is 7.27. The summed E-state index contributed by atoms with van der Waals surface area (Å²) >= 11 is 1.88. The summed E-state index contributed by atoms with van der Waals surface area (Å²) in [6.07, 6.45) is 16.4. The highest BCUT2D eigenvalue weighted by Crippen LogP contribution is 2.58. The molecule has 14 aromatic rings. The van der Waals surface area contributed by atoms with E-state index in [1.165, 1.54) is 69.9 Å². The summed E-state index contributed by atoms with van der Waals surface area (Å²) in [7, 11) is 0. The van der Waals surface area contributed by atoms with Gasteiger partial charge in [-0.25, -0.2) is 9.97 Å². The van der Waals surface area contributed by atoms with Crippen molar-refractivity contribution in [1.82, 2.24) is 14.5 Å². The van der Waals surface area contributed by atoms with Crippen molar-refractivity contribution in [1.29, 1.82) is 0 Å². The molecule has 1 aliphatic carbocycles. The molecule has 0 unspecified atom stereocenters. The molecule has 15 rings (SSSR count). The van der Waals surface area contributed by atoms with E-state index >= 15 is 0 Å². The monoisotopic (exact) mass is 1120 g/mol. The van der Waals surface area contributed by atoms with Gasteiger partial charge in [0.25, 0.3) is 0 Å². The van der Waals surface area contributed by atoms with Crippen LogP contribution in [0.15, 0.2) is 304 Å². The maximum absolute atomic E-state index is 5.53. The van der Waals surface area contributed by atoms with Crippen LogP contribution >= 0.6 is 11.3 Å². The fraction of sp³-hybridized carbons (Fsp3) is 0.0370. The average molecular weight is 1120 g/mol. The smallest absolute Gasteiger partial charge is 0.235 e. The van der Waals surface area contributed by atoms with Gasteiger partial charge in [-0.3, -0.25) is 4.57 Å². The van der Waals surface area contributed by atoms with E-state index in [0.717, 1.165) is 72.5 Å². The zero-order chi connectivity index (χ0) is 57.7. The molecule has 0 radical (unpaired) electrons. The molecule has 3 aromatic heterocycles. The van der Waals surface area contributed by atoms with Gasteiger partial charge in [0, 0.05) is 48.6 Å². The van der Waals surface area contributed by atoms with Crippen LogP contribution in [0.5, 0.6) is 0 Å². The standard InChI is InChI=1S/C81H58N4S/c1-4-7-13-27-54-43-50-73-68(51-54)76-77(85(73)80-82-71(55(6-3)28-8-5-2)53-72(83-80)58-31-16-10-17-32-58)66-39-23-22-38-65(66)75-67-40-26-42-74(78(67)86-79(75)76)84(61-46-44-57(45-47-61)56-29-14-9-15-30-56)62-48-49-64-63-37-24-25-41-69(63)81(70(64)52-62,59-33-18-11-19-34-59)60-35-20-12-21-36-60/h4-53H,2H2,1,3H3/b7-4-,27-13-,28-8-,55-6+. The number of aromatic nitrogens is 3. The molecular weight excluding hydrogens is 1060 g/mol. The van der Waals surface area contributed by atoms with Gasteiger partial charge in [0.05, 0.1) is 38.2 Å². The first kappa shape index (κ1) is 52.1. The Bertz CT molecular complexity index is 5030. The van der Waals surface area contributed by atoms with E-state index in [1.807, 2.05) is 23.5 Å². The summed E-state index contributed by atoms with van der Waals surface area (Å²) in [5.41, 5.74) is 19.3. The Morgan fingerprint density at radius 3 is 1.86 bits per heavy atom. The van der Waals surface area contributed by atoms with Crippen LogP contribution in [0.4, 0.5) is 17.1 Å². The summed E-state index contributed by atoms with van der Waals surface area (Å²) in [5, 5.41) is 7.02. The first-order chi connectivity index (χ1) is 42.5.